The van der Waals surface area contributed by atoms with Crippen molar-refractivity contribution in [3.8, 4) is 11.3 Å². The first-order valence-electron chi connectivity index (χ1n) is 13.1. The molecular weight excluding hydrogens is 480 g/mol. The van der Waals surface area contributed by atoms with Gasteiger partial charge in [-0.3, -0.25) is 0 Å². The Balaban J connectivity index is 1.75. The molecule has 0 aliphatic heterocycles. The lowest BCUT2D eigenvalue weighted by atomic mass is 9.95. The lowest BCUT2D eigenvalue weighted by Gasteiger charge is -2.25. The molecule has 0 bridgehead atoms. The Morgan fingerprint density at radius 3 is 2.21 bits per heavy atom. The van der Waals surface area contributed by atoms with E-state index in [0.717, 1.165) is 38.8 Å². The first-order valence-corrected chi connectivity index (χ1v) is 16.1. The molecule has 0 N–H and O–H groups in total. The molecular formula is C34H31N2OSi+. The maximum absolute atomic E-state index is 7.58. The van der Waals surface area contributed by atoms with Crippen LogP contribution in [0, 0.1) is 27.3 Å². The summed E-state index contributed by atoms with van der Waals surface area (Å²) in [6.45, 7) is 18.8. The minimum absolute atomic E-state index is 0.640. The van der Waals surface area contributed by atoms with Crippen LogP contribution in [-0.2, 0) is 7.05 Å². The predicted octanol–water partition coefficient (Wildman–Crippen LogP) is 7.53. The number of pyridine rings is 1. The van der Waals surface area contributed by atoms with Gasteiger partial charge in [-0.05, 0) is 54.8 Å². The van der Waals surface area contributed by atoms with E-state index in [9.17, 15) is 0 Å². The molecule has 0 fully saturated rings. The van der Waals surface area contributed by atoms with E-state index in [1.54, 1.807) is 0 Å². The van der Waals surface area contributed by atoms with Gasteiger partial charge in [0, 0.05) is 28.3 Å². The van der Waals surface area contributed by atoms with E-state index in [1.807, 2.05) is 19.1 Å². The highest BCUT2D eigenvalue weighted by Crippen LogP contribution is 2.41. The largest absolute Gasteiger partial charge is 0.456 e. The van der Waals surface area contributed by atoms with E-state index in [-0.39, 0.29) is 0 Å². The van der Waals surface area contributed by atoms with Gasteiger partial charge in [-0.25, -0.2) is 4.85 Å². The summed E-state index contributed by atoms with van der Waals surface area (Å²) >= 11 is 0. The zero-order chi connectivity index (χ0) is 26.8. The maximum Gasteiger partial charge on any atom is 0.216 e. The summed E-state index contributed by atoms with van der Waals surface area (Å²) in [5.41, 5.74) is 9.19. The number of fused-ring (bicyclic) bond motifs is 4. The number of nitrogens with zero attached hydrogens (tertiary/aromatic N) is 2. The Bertz CT molecular complexity index is 1940. The van der Waals surface area contributed by atoms with Crippen LogP contribution in [-0.4, -0.2) is 8.07 Å². The van der Waals surface area contributed by atoms with Gasteiger partial charge < -0.3 is 4.42 Å². The molecule has 4 heteroatoms. The Morgan fingerprint density at radius 2 is 1.47 bits per heavy atom. The first kappa shape index (κ1) is 24.2. The van der Waals surface area contributed by atoms with Crippen LogP contribution in [0.4, 0.5) is 5.69 Å². The van der Waals surface area contributed by atoms with Gasteiger partial charge in [0.05, 0.1) is 12.1 Å². The van der Waals surface area contributed by atoms with Gasteiger partial charge in [0.2, 0.25) is 11.2 Å². The zero-order valence-electron chi connectivity index (χ0n) is 22.8. The van der Waals surface area contributed by atoms with Gasteiger partial charge in [-0.15, -0.1) is 0 Å². The second kappa shape index (κ2) is 8.68. The highest BCUT2D eigenvalue weighted by atomic mass is 28.3. The van der Waals surface area contributed by atoms with Crippen LogP contribution in [0.5, 0.6) is 0 Å². The molecule has 38 heavy (non-hydrogen) atoms. The van der Waals surface area contributed by atoms with Crippen LogP contribution < -0.4 is 14.9 Å². The van der Waals surface area contributed by atoms with Crippen LogP contribution >= 0.6 is 0 Å². The van der Waals surface area contributed by atoms with Crippen molar-refractivity contribution < 1.29 is 8.98 Å². The molecule has 2 heterocycles. The number of rotatable bonds is 3. The first-order chi connectivity index (χ1) is 18.2. The summed E-state index contributed by atoms with van der Waals surface area (Å²) in [5, 5.41) is 6.32. The number of benzene rings is 4. The van der Waals surface area contributed by atoms with E-state index in [2.05, 4.69) is 110 Å². The van der Waals surface area contributed by atoms with Crippen molar-refractivity contribution >= 4 is 57.0 Å². The topological polar surface area (TPSA) is 21.4 Å². The molecule has 0 aliphatic rings. The number of furan rings is 1. The fourth-order valence-corrected chi connectivity index (χ4v) is 8.68. The molecule has 0 radical (unpaired) electrons. The summed E-state index contributed by atoms with van der Waals surface area (Å²) in [7, 11) is 0.128. The van der Waals surface area contributed by atoms with Crippen molar-refractivity contribution in [1.29, 1.82) is 0 Å². The molecule has 3 nitrogen and oxygen atoms in total. The molecule has 0 aliphatic carbocycles. The summed E-state index contributed by atoms with van der Waals surface area (Å²) in [4.78, 5) is 3.71. The minimum Gasteiger partial charge on any atom is -0.456 e. The van der Waals surface area contributed by atoms with E-state index in [1.165, 1.54) is 32.4 Å². The van der Waals surface area contributed by atoms with Crippen LogP contribution in [0.15, 0.2) is 83.3 Å². The Kier molecular flexibility index (Phi) is 5.52. The van der Waals surface area contributed by atoms with Gasteiger partial charge in [0.15, 0.2) is 5.69 Å². The Morgan fingerprint density at radius 1 is 0.763 bits per heavy atom. The monoisotopic (exact) mass is 511 g/mol. The zero-order valence-corrected chi connectivity index (χ0v) is 23.8. The summed E-state index contributed by atoms with van der Waals surface area (Å²) in [6, 6.07) is 28.3. The lowest BCUT2D eigenvalue weighted by Crippen LogP contribution is -2.54. The molecule has 6 rings (SSSR count). The fourth-order valence-electron chi connectivity index (χ4n) is 5.96. The Hall–Kier alpha value is -4.20. The average molecular weight is 512 g/mol. The highest BCUT2D eigenvalue weighted by molar-refractivity contribution is 7.01. The van der Waals surface area contributed by atoms with Gasteiger partial charge >= 0.3 is 0 Å². The summed E-state index contributed by atoms with van der Waals surface area (Å²) < 4.78 is 9.00. The molecule has 2 aromatic heterocycles. The number of aryl methyl sites for hydroxylation is 3. The SMILES string of the molecule is [C-]#[N+]c1ccc2c(oc3c(-c4cc([Si](C)(C)c5ccccc5)c5ccccc5[n+]4C)c(C)c(C)cc32)c1C. The fraction of sp³-hybridized carbons (Fsp3) is 0.176. The predicted molar refractivity (Wildman–Crippen MR) is 162 cm³/mol. The molecule has 0 atom stereocenters. The smallest absolute Gasteiger partial charge is 0.216 e. The standard InChI is InChI=1S/C34H31N2OSi/c1-21-19-27-25-17-18-28(35-4)23(3)33(25)37-34(27)32(22(21)2)30-20-31(26-15-11-12-16-29(26)36(30)5)38(6,7)24-13-9-8-10-14-24/h8-20H,1-3,5-7H3/q+1. The second-order valence-corrected chi connectivity index (χ2v) is 15.2. The second-order valence-electron chi connectivity index (χ2n) is 10.9. The van der Waals surface area contributed by atoms with E-state index < -0.39 is 8.07 Å². The normalized spacial score (nSPS) is 11.9. The molecule has 0 saturated carbocycles. The third-order valence-electron chi connectivity index (χ3n) is 8.41. The van der Waals surface area contributed by atoms with Crippen molar-refractivity contribution in [2.45, 2.75) is 33.9 Å². The van der Waals surface area contributed by atoms with Gasteiger partial charge in [0.1, 0.15) is 26.3 Å². The van der Waals surface area contributed by atoms with Crippen molar-refractivity contribution in [3.05, 3.63) is 107 Å². The van der Waals surface area contributed by atoms with Crippen LogP contribution in [0.25, 0.3) is 48.9 Å². The maximum atomic E-state index is 7.58. The average Bonchev–Trinajstić information content (AvgIpc) is 3.29. The van der Waals surface area contributed by atoms with E-state index >= 15 is 0 Å². The molecule has 0 unspecified atom stereocenters. The summed E-state index contributed by atoms with van der Waals surface area (Å²) in [5.74, 6) is 0. The molecule has 6 aromatic rings. The molecule has 4 aromatic carbocycles. The number of hydrogen-bond acceptors (Lipinski definition) is 1. The van der Waals surface area contributed by atoms with Crippen LogP contribution in [0.1, 0.15) is 16.7 Å². The molecule has 0 spiro atoms. The molecule has 0 saturated heterocycles. The third-order valence-corrected chi connectivity index (χ3v) is 12.0. The van der Waals surface area contributed by atoms with Gasteiger partial charge in [-0.1, -0.05) is 72.9 Å². The number of aromatic nitrogens is 1. The van der Waals surface area contributed by atoms with Crippen molar-refractivity contribution in [3.63, 3.8) is 0 Å². The summed E-state index contributed by atoms with van der Waals surface area (Å²) in [6.07, 6.45) is 0. The number of hydrogen-bond donors (Lipinski definition) is 0. The van der Waals surface area contributed by atoms with Crippen molar-refractivity contribution in [2.24, 2.45) is 7.05 Å². The van der Waals surface area contributed by atoms with Crippen molar-refractivity contribution in [1.82, 2.24) is 0 Å². The highest BCUT2D eigenvalue weighted by Gasteiger charge is 2.33. The molecule has 186 valence electrons. The quantitative estimate of drug-likeness (QED) is 0.137. The lowest BCUT2D eigenvalue weighted by molar-refractivity contribution is -0.633. The van der Waals surface area contributed by atoms with Gasteiger partial charge in [-0.2, -0.15) is 4.57 Å². The van der Waals surface area contributed by atoms with Crippen LogP contribution in [0.2, 0.25) is 13.1 Å². The van der Waals surface area contributed by atoms with Crippen LogP contribution in [0.3, 0.4) is 0 Å². The Labute approximate surface area is 224 Å². The van der Waals surface area contributed by atoms with E-state index in [0.29, 0.717) is 5.69 Å². The van der Waals surface area contributed by atoms with Crippen molar-refractivity contribution in [2.75, 3.05) is 0 Å². The minimum atomic E-state index is -2.04. The number of para-hydroxylation sites is 1. The van der Waals surface area contributed by atoms with Gasteiger partial charge in [0.25, 0.3) is 0 Å². The third kappa shape index (κ3) is 3.43. The van der Waals surface area contributed by atoms with E-state index in [4.69, 9.17) is 11.0 Å². The molecule has 0 amide bonds.